The van der Waals surface area contributed by atoms with Crippen LogP contribution in [0.3, 0.4) is 0 Å². The third-order valence-electron chi connectivity index (χ3n) is 1.94. The molecule has 0 amide bonds. The van der Waals surface area contributed by atoms with Crippen molar-refractivity contribution in [2.45, 2.75) is 20.3 Å². The lowest BCUT2D eigenvalue weighted by atomic mass is 10.4. The van der Waals surface area contributed by atoms with Crippen molar-refractivity contribution in [3.05, 3.63) is 0 Å². The van der Waals surface area contributed by atoms with E-state index in [9.17, 15) is 0 Å². The van der Waals surface area contributed by atoms with Crippen molar-refractivity contribution >= 4 is 5.84 Å². The van der Waals surface area contributed by atoms with Gasteiger partial charge in [-0.05, 0) is 20.3 Å². The highest BCUT2D eigenvalue weighted by Gasteiger charge is 2.01. The van der Waals surface area contributed by atoms with Gasteiger partial charge in [0.1, 0.15) is 0 Å². The quantitative estimate of drug-likeness (QED) is 0.356. The van der Waals surface area contributed by atoms with Gasteiger partial charge in [-0.3, -0.25) is 4.99 Å². The van der Waals surface area contributed by atoms with E-state index in [-0.39, 0.29) is 0 Å². The van der Waals surface area contributed by atoms with Crippen LogP contribution in [-0.2, 0) is 4.74 Å². The Morgan fingerprint density at radius 1 is 1.50 bits per heavy atom. The van der Waals surface area contributed by atoms with Gasteiger partial charge in [-0.1, -0.05) is 0 Å². The van der Waals surface area contributed by atoms with Crippen molar-refractivity contribution in [1.82, 2.24) is 4.90 Å². The summed E-state index contributed by atoms with van der Waals surface area (Å²) in [4.78, 5) is 6.39. The van der Waals surface area contributed by atoms with E-state index in [0.717, 1.165) is 32.0 Å². The van der Waals surface area contributed by atoms with Gasteiger partial charge in [-0.15, -0.1) is 0 Å². The summed E-state index contributed by atoms with van der Waals surface area (Å²) in [5.74, 6) is 1.11. The molecule has 12 heavy (non-hydrogen) atoms. The number of ether oxygens (including phenoxy) is 1. The fourth-order valence-corrected chi connectivity index (χ4v) is 1.09. The van der Waals surface area contributed by atoms with Crippen molar-refractivity contribution in [2.24, 2.45) is 4.99 Å². The molecular weight excluding hydrogens is 152 g/mol. The van der Waals surface area contributed by atoms with Gasteiger partial charge >= 0.3 is 0 Å². The Bertz CT molecular complexity index is 134. The van der Waals surface area contributed by atoms with Crippen LogP contribution in [0, 0.1) is 0 Å². The maximum absolute atomic E-state index is 4.98. The maximum Gasteiger partial charge on any atom is 0.0953 e. The molecule has 72 valence electrons. The van der Waals surface area contributed by atoms with E-state index in [1.807, 2.05) is 14.0 Å². The fraction of sp³-hybridized carbons (Fsp3) is 0.889. The summed E-state index contributed by atoms with van der Waals surface area (Å²) in [6, 6.07) is 0. The van der Waals surface area contributed by atoms with Crippen LogP contribution in [0.4, 0.5) is 0 Å². The molecule has 0 spiro atoms. The number of aliphatic imine (C=N–C) groups is 1. The Hall–Kier alpha value is -0.570. The summed E-state index contributed by atoms with van der Waals surface area (Å²) in [6.07, 6.45) is 1.07. The highest BCUT2D eigenvalue weighted by Crippen LogP contribution is 1.94. The van der Waals surface area contributed by atoms with Gasteiger partial charge in [0.25, 0.3) is 0 Å². The Morgan fingerprint density at radius 3 is 2.58 bits per heavy atom. The zero-order chi connectivity index (χ0) is 9.40. The van der Waals surface area contributed by atoms with Crippen LogP contribution in [0.5, 0.6) is 0 Å². The number of hydrogen-bond acceptors (Lipinski definition) is 2. The topological polar surface area (TPSA) is 24.8 Å². The third-order valence-corrected chi connectivity index (χ3v) is 1.94. The molecule has 0 bridgehead atoms. The van der Waals surface area contributed by atoms with Crippen LogP contribution in [0.2, 0.25) is 0 Å². The van der Waals surface area contributed by atoms with Gasteiger partial charge in [-0.2, -0.15) is 0 Å². The normalized spacial score (nSPS) is 11.8. The number of amidine groups is 1. The molecule has 0 saturated carbocycles. The summed E-state index contributed by atoms with van der Waals surface area (Å²) < 4.78 is 4.98. The molecular formula is C9H20N2O. The molecule has 0 aromatic carbocycles. The van der Waals surface area contributed by atoms with Gasteiger partial charge in [-0.25, -0.2) is 0 Å². The number of hydrogen-bond donors (Lipinski definition) is 0. The molecule has 0 atom stereocenters. The first-order valence-corrected chi connectivity index (χ1v) is 4.43. The monoisotopic (exact) mass is 172 g/mol. The van der Waals surface area contributed by atoms with Gasteiger partial charge < -0.3 is 9.64 Å². The summed E-state index contributed by atoms with van der Waals surface area (Å²) in [7, 11) is 3.56. The second kappa shape index (κ2) is 7.10. The summed E-state index contributed by atoms with van der Waals surface area (Å²) in [5.41, 5.74) is 0. The second-order valence-electron chi connectivity index (χ2n) is 2.70. The molecule has 0 heterocycles. The molecule has 0 aromatic rings. The minimum atomic E-state index is 0.827. The molecule has 0 rings (SSSR count). The van der Waals surface area contributed by atoms with E-state index in [1.165, 1.54) is 0 Å². The average Bonchev–Trinajstić information content (AvgIpc) is 2.11. The lowest BCUT2D eigenvalue weighted by Gasteiger charge is -2.21. The zero-order valence-electron chi connectivity index (χ0n) is 8.63. The van der Waals surface area contributed by atoms with Crippen LogP contribution in [0.1, 0.15) is 20.3 Å². The molecule has 3 heteroatoms. The lowest BCUT2D eigenvalue weighted by molar-refractivity contribution is 0.186. The fourth-order valence-electron chi connectivity index (χ4n) is 1.09. The van der Waals surface area contributed by atoms with Crippen LogP contribution >= 0.6 is 0 Å². The Balaban J connectivity index is 3.68. The van der Waals surface area contributed by atoms with E-state index in [1.54, 1.807) is 7.11 Å². The molecule has 0 aromatic heterocycles. The van der Waals surface area contributed by atoms with Crippen molar-refractivity contribution in [1.29, 1.82) is 0 Å². The Labute approximate surface area is 75.4 Å². The highest BCUT2D eigenvalue weighted by atomic mass is 16.5. The maximum atomic E-state index is 4.98. The van der Waals surface area contributed by atoms with E-state index in [0.29, 0.717) is 0 Å². The van der Waals surface area contributed by atoms with Crippen LogP contribution < -0.4 is 0 Å². The van der Waals surface area contributed by atoms with Gasteiger partial charge in [0.2, 0.25) is 0 Å². The SMILES string of the molecule is CCN(CCCOC)C(C)=NC. The molecule has 0 fully saturated rings. The van der Waals surface area contributed by atoms with Crippen molar-refractivity contribution in [3.8, 4) is 0 Å². The van der Waals surface area contributed by atoms with Crippen molar-refractivity contribution < 1.29 is 4.74 Å². The molecule has 0 radical (unpaired) electrons. The predicted molar refractivity (Wildman–Crippen MR) is 52.8 cm³/mol. The average molecular weight is 172 g/mol. The second-order valence-corrected chi connectivity index (χ2v) is 2.70. The largest absolute Gasteiger partial charge is 0.385 e. The Kier molecular flexibility index (Phi) is 6.76. The minimum absolute atomic E-state index is 0.827. The summed E-state index contributed by atoms with van der Waals surface area (Å²) in [6.45, 7) is 7.06. The predicted octanol–water partition coefficient (Wildman–Crippen LogP) is 1.39. The van der Waals surface area contributed by atoms with E-state index in [4.69, 9.17) is 4.74 Å². The van der Waals surface area contributed by atoms with Gasteiger partial charge in [0.15, 0.2) is 0 Å². The summed E-state index contributed by atoms with van der Waals surface area (Å²) >= 11 is 0. The number of methoxy groups -OCH3 is 1. The molecule has 0 aliphatic carbocycles. The smallest absolute Gasteiger partial charge is 0.0953 e. The summed E-state index contributed by atoms with van der Waals surface area (Å²) in [5, 5.41) is 0. The van der Waals surface area contributed by atoms with E-state index < -0.39 is 0 Å². The first-order chi connectivity index (χ1) is 5.76. The van der Waals surface area contributed by atoms with Crippen LogP contribution in [-0.4, -0.2) is 44.6 Å². The van der Waals surface area contributed by atoms with E-state index in [2.05, 4.69) is 16.8 Å². The van der Waals surface area contributed by atoms with E-state index >= 15 is 0 Å². The standard InChI is InChI=1S/C9H20N2O/c1-5-11(9(2)10-3)7-6-8-12-4/h5-8H2,1-4H3. The molecule has 0 saturated heterocycles. The minimum Gasteiger partial charge on any atom is -0.385 e. The van der Waals surface area contributed by atoms with Crippen LogP contribution in [0.25, 0.3) is 0 Å². The van der Waals surface area contributed by atoms with Crippen molar-refractivity contribution in [2.75, 3.05) is 33.9 Å². The lowest BCUT2D eigenvalue weighted by Crippen LogP contribution is -2.30. The third kappa shape index (κ3) is 4.34. The molecule has 0 aliphatic heterocycles. The molecule has 0 unspecified atom stereocenters. The van der Waals surface area contributed by atoms with Gasteiger partial charge in [0.05, 0.1) is 5.84 Å². The molecule has 0 N–H and O–H groups in total. The zero-order valence-corrected chi connectivity index (χ0v) is 8.63. The van der Waals surface area contributed by atoms with Crippen LogP contribution in [0.15, 0.2) is 4.99 Å². The molecule has 0 aliphatic rings. The van der Waals surface area contributed by atoms with Crippen molar-refractivity contribution in [3.63, 3.8) is 0 Å². The highest BCUT2D eigenvalue weighted by molar-refractivity contribution is 5.79. The Morgan fingerprint density at radius 2 is 2.17 bits per heavy atom. The first kappa shape index (κ1) is 11.4. The van der Waals surface area contributed by atoms with Gasteiger partial charge in [0, 0.05) is 33.9 Å². The number of rotatable bonds is 5. The number of nitrogens with zero attached hydrogens (tertiary/aromatic N) is 2. The first-order valence-electron chi connectivity index (χ1n) is 4.43. The molecule has 3 nitrogen and oxygen atoms in total.